The largest absolute Gasteiger partial charge is 0.388 e. The van der Waals surface area contributed by atoms with Crippen LogP contribution in [0.25, 0.3) is 0 Å². The van der Waals surface area contributed by atoms with Crippen LogP contribution in [0.2, 0.25) is 0 Å². The summed E-state index contributed by atoms with van der Waals surface area (Å²) in [7, 11) is 0. The van der Waals surface area contributed by atoms with Crippen LogP contribution < -0.4 is 11.1 Å². The third-order valence-corrected chi connectivity index (χ3v) is 5.18. The number of nitrogens with one attached hydrogen (secondary N) is 1. The zero-order chi connectivity index (χ0) is 11.2. The summed E-state index contributed by atoms with van der Waals surface area (Å²) < 4.78 is 0. The molecule has 2 bridgehead atoms. The Bertz CT molecular complexity index is 261. The molecule has 0 spiro atoms. The second-order valence-electron chi connectivity index (χ2n) is 6.29. The van der Waals surface area contributed by atoms with Crippen molar-refractivity contribution in [1.82, 2.24) is 5.32 Å². The van der Waals surface area contributed by atoms with Crippen molar-refractivity contribution >= 4 is 0 Å². The maximum absolute atomic E-state index is 11.0. The number of piperidine rings is 1. The molecule has 1 aliphatic carbocycles. The monoisotopic (exact) mass is 224 g/mol. The molecule has 2 aliphatic heterocycles. The molecule has 3 nitrogen and oxygen atoms in total. The highest BCUT2D eigenvalue weighted by atomic mass is 16.3. The molecule has 0 aromatic rings. The van der Waals surface area contributed by atoms with E-state index in [0.717, 1.165) is 25.7 Å². The van der Waals surface area contributed by atoms with Gasteiger partial charge in [0.15, 0.2) is 0 Å². The molecule has 4 N–H and O–H groups in total. The summed E-state index contributed by atoms with van der Waals surface area (Å²) in [6, 6.07) is 1.04. The van der Waals surface area contributed by atoms with Gasteiger partial charge >= 0.3 is 0 Å². The van der Waals surface area contributed by atoms with E-state index in [0.29, 0.717) is 12.1 Å². The average molecular weight is 224 g/mol. The van der Waals surface area contributed by atoms with Gasteiger partial charge in [-0.25, -0.2) is 0 Å². The quantitative estimate of drug-likeness (QED) is 0.629. The normalized spacial score (nSPS) is 46.9. The predicted molar refractivity (Wildman–Crippen MR) is 64.1 cm³/mol. The van der Waals surface area contributed by atoms with E-state index in [1.165, 1.54) is 32.1 Å². The lowest BCUT2D eigenvalue weighted by Gasteiger charge is -2.51. The van der Waals surface area contributed by atoms with E-state index in [1.54, 1.807) is 0 Å². The van der Waals surface area contributed by atoms with Gasteiger partial charge in [-0.05, 0) is 38.5 Å². The number of aliphatic hydroxyl groups is 1. The Morgan fingerprint density at radius 3 is 2.12 bits per heavy atom. The van der Waals surface area contributed by atoms with E-state index in [2.05, 4.69) is 5.32 Å². The van der Waals surface area contributed by atoms with E-state index < -0.39 is 5.60 Å². The minimum Gasteiger partial charge on any atom is -0.388 e. The van der Waals surface area contributed by atoms with Gasteiger partial charge in [0.25, 0.3) is 0 Å². The lowest BCUT2D eigenvalue weighted by molar-refractivity contribution is -0.0845. The van der Waals surface area contributed by atoms with E-state index in [9.17, 15) is 5.11 Å². The Morgan fingerprint density at radius 1 is 1.00 bits per heavy atom. The highest BCUT2D eigenvalue weighted by molar-refractivity contribution is 5.12. The van der Waals surface area contributed by atoms with Crippen LogP contribution >= 0.6 is 0 Å². The number of hydrogen-bond donors (Lipinski definition) is 3. The lowest BCUT2D eigenvalue weighted by Crippen LogP contribution is -2.66. The van der Waals surface area contributed by atoms with Gasteiger partial charge in [-0.3, -0.25) is 0 Å². The second kappa shape index (κ2) is 3.69. The lowest BCUT2D eigenvalue weighted by atomic mass is 9.65. The first kappa shape index (κ1) is 11.0. The summed E-state index contributed by atoms with van der Waals surface area (Å²) in [4.78, 5) is 0. The molecule has 0 radical (unpaired) electrons. The minimum absolute atomic E-state index is 0.297. The average Bonchev–Trinajstić information content (AvgIpc) is 2.59. The topological polar surface area (TPSA) is 58.3 Å². The molecule has 3 fully saturated rings. The molecule has 0 amide bonds. The van der Waals surface area contributed by atoms with Crippen LogP contribution in [0.1, 0.15) is 57.8 Å². The molecule has 2 unspecified atom stereocenters. The molecule has 2 heterocycles. The molecule has 2 saturated heterocycles. The second-order valence-corrected chi connectivity index (χ2v) is 6.29. The maximum atomic E-state index is 11.0. The minimum atomic E-state index is -0.593. The van der Waals surface area contributed by atoms with Crippen molar-refractivity contribution in [2.45, 2.75) is 81.0 Å². The molecule has 3 heteroatoms. The molecule has 92 valence electrons. The van der Waals surface area contributed by atoms with Gasteiger partial charge in [-0.2, -0.15) is 0 Å². The van der Waals surface area contributed by atoms with Gasteiger partial charge in [0.05, 0.1) is 5.60 Å². The summed E-state index contributed by atoms with van der Waals surface area (Å²) in [5, 5.41) is 14.6. The van der Waals surface area contributed by atoms with Crippen molar-refractivity contribution in [3.63, 3.8) is 0 Å². The molecule has 0 aromatic heterocycles. The molecular formula is C13H24N2O. The number of nitrogens with two attached hydrogens (primary N) is 1. The Hall–Kier alpha value is -0.120. The fourth-order valence-corrected chi connectivity index (χ4v) is 4.18. The molecular weight excluding hydrogens is 200 g/mol. The summed E-state index contributed by atoms with van der Waals surface area (Å²) >= 11 is 0. The first-order chi connectivity index (χ1) is 7.61. The van der Waals surface area contributed by atoms with Crippen molar-refractivity contribution in [2.24, 2.45) is 5.73 Å². The summed E-state index contributed by atoms with van der Waals surface area (Å²) in [6.45, 7) is 0. The van der Waals surface area contributed by atoms with Crippen molar-refractivity contribution < 1.29 is 5.11 Å². The van der Waals surface area contributed by atoms with Crippen LogP contribution in [0.4, 0.5) is 0 Å². The zero-order valence-corrected chi connectivity index (χ0v) is 10.0. The van der Waals surface area contributed by atoms with E-state index >= 15 is 0 Å². The highest BCUT2D eigenvalue weighted by Crippen LogP contribution is 2.45. The van der Waals surface area contributed by atoms with Gasteiger partial charge in [0.1, 0.15) is 0 Å². The summed E-state index contributed by atoms with van der Waals surface area (Å²) in [6.07, 6.45) is 9.92. The standard InChI is InChI=1S/C13H24N2O/c14-12(6-2-1-3-7-12)13(16)8-10-4-5-11(9-13)15-10/h10-11,15-16H,1-9,14H2. The maximum Gasteiger partial charge on any atom is 0.0855 e. The van der Waals surface area contributed by atoms with Crippen LogP contribution in [0, 0.1) is 0 Å². The third-order valence-electron chi connectivity index (χ3n) is 5.18. The molecule has 3 aliphatic rings. The summed E-state index contributed by atoms with van der Waals surface area (Å²) in [5.74, 6) is 0. The third kappa shape index (κ3) is 1.60. The van der Waals surface area contributed by atoms with Gasteiger partial charge in [-0.1, -0.05) is 19.3 Å². The Morgan fingerprint density at radius 2 is 1.56 bits per heavy atom. The Labute approximate surface area is 97.8 Å². The van der Waals surface area contributed by atoms with Crippen LogP contribution in [0.3, 0.4) is 0 Å². The molecule has 0 aromatic carbocycles. The predicted octanol–water partition coefficient (Wildman–Crippen LogP) is 1.29. The highest BCUT2D eigenvalue weighted by Gasteiger charge is 2.53. The first-order valence-electron chi connectivity index (χ1n) is 6.89. The first-order valence-corrected chi connectivity index (χ1v) is 6.89. The fourth-order valence-electron chi connectivity index (χ4n) is 4.18. The molecule has 2 atom stereocenters. The smallest absolute Gasteiger partial charge is 0.0855 e. The zero-order valence-electron chi connectivity index (χ0n) is 10.0. The van der Waals surface area contributed by atoms with Crippen LogP contribution in [0.15, 0.2) is 0 Å². The van der Waals surface area contributed by atoms with Crippen LogP contribution in [0.5, 0.6) is 0 Å². The molecule has 1 saturated carbocycles. The van der Waals surface area contributed by atoms with E-state index in [1.807, 2.05) is 0 Å². The Kier molecular flexibility index (Phi) is 2.54. The fraction of sp³-hybridized carbons (Fsp3) is 1.00. The van der Waals surface area contributed by atoms with Crippen LogP contribution in [-0.2, 0) is 0 Å². The SMILES string of the molecule is NC1(C2(O)CC3CCC(C2)N3)CCCCC1. The van der Waals surface area contributed by atoms with Gasteiger partial charge < -0.3 is 16.2 Å². The van der Waals surface area contributed by atoms with Crippen molar-refractivity contribution in [1.29, 1.82) is 0 Å². The van der Waals surface area contributed by atoms with Gasteiger partial charge in [0, 0.05) is 17.6 Å². The van der Waals surface area contributed by atoms with E-state index in [4.69, 9.17) is 5.73 Å². The van der Waals surface area contributed by atoms with Crippen molar-refractivity contribution in [2.75, 3.05) is 0 Å². The number of hydrogen-bond acceptors (Lipinski definition) is 3. The van der Waals surface area contributed by atoms with Crippen LogP contribution in [-0.4, -0.2) is 28.3 Å². The molecule has 3 rings (SSSR count). The molecule has 16 heavy (non-hydrogen) atoms. The number of rotatable bonds is 1. The van der Waals surface area contributed by atoms with Gasteiger partial charge in [-0.15, -0.1) is 0 Å². The van der Waals surface area contributed by atoms with Gasteiger partial charge in [0.2, 0.25) is 0 Å². The summed E-state index contributed by atoms with van der Waals surface area (Å²) in [5.41, 5.74) is 5.65. The van der Waals surface area contributed by atoms with Crippen molar-refractivity contribution in [3.8, 4) is 0 Å². The van der Waals surface area contributed by atoms with E-state index in [-0.39, 0.29) is 5.54 Å². The Balaban J connectivity index is 1.81. The number of fused-ring (bicyclic) bond motifs is 2. The van der Waals surface area contributed by atoms with Crippen molar-refractivity contribution in [3.05, 3.63) is 0 Å².